The molecule has 1 rings (SSSR count). The molecule has 1 atom stereocenters. The van der Waals surface area contributed by atoms with Crippen molar-refractivity contribution < 1.29 is 0 Å². The largest absolute Gasteiger partial charge is 0.329 e. The molecule has 1 heterocycles. The summed E-state index contributed by atoms with van der Waals surface area (Å²) < 4.78 is 2.11. The molecular weight excluding hydrogens is 327 g/mol. The van der Waals surface area contributed by atoms with E-state index in [-0.39, 0.29) is 18.4 Å². The van der Waals surface area contributed by atoms with Gasteiger partial charge in [-0.2, -0.15) is 0 Å². The van der Waals surface area contributed by atoms with Crippen molar-refractivity contribution in [3.8, 4) is 0 Å². The smallest absolute Gasteiger partial charge is 0.0843 e. The molecule has 12 heavy (non-hydrogen) atoms. The zero-order chi connectivity index (χ0) is 8.43. The number of halogens is 3. The van der Waals surface area contributed by atoms with Crippen LogP contribution in [0.2, 0.25) is 0 Å². The van der Waals surface area contributed by atoms with Crippen LogP contribution in [-0.4, -0.2) is 6.54 Å². The second kappa shape index (κ2) is 5.57. The maximum Gasteiger partial charge on any atom is 0.0843 e. The van der Waals surface area contributed by atoms with E-state index in [1.165, 1.54) is 0 Å². The van der Waals surface area contributed by atoms with Gasteiger partial charge in [0, 0.05) is 15.9 Å². The predicted molar refractivity (Wildman–Crippen MR) is 62.9 cm³/mol. The number of nitrogens with two attached hydrogens (primary N) is 2. The van der Waals surface area contributed by atoms with Crippen LogP contribution in [0.25, 0.3) is 0 Å². The Balaban J connectivity index is 0.00000121. The molecule has 0 saturated carbocycles. The molecule has 6 heteroatoms. The van der Waals surface area contributed by atoms with Crippen LogP contribution in [0.3, 0.4) is 0 Å². The number of rotatable bonds is 2. The van der Waals surface area contributed by atoms with E-state index in [2.05, 4.69) is 31.9 Å². The van der Waals surface area contributed by atoms with Gasteiger partial charge in [0.15, 0.2) is 0 Å². The summed E-state index contributed by atoms with van der Waals surface area (Å²) in [6.45, 7) is 0.486. The summed E-state index contributed by atoms with van der Waals surface area (Å²) >= 11 is 8.38. The SMILES string of the molecule is Cl.NC[C@H](N)c1cc(Br)c(Br)s1. The van der Waals surface area contributed by atoms with Crippen LogP contribution in [-0.2, 0) is 0 Å². The highest BCUT2D eigenvalue weighted by Crippen LogP contribution is 2.34. The molecule has 0 aliphatic rings. The Kier molecular flexibility index (Phi) is 5.97. The molecule has 0 spiro atoms. The lowest BCUT2D eigenvalue weighted by molar-refractivity contribution is 0.751. The molecule has 0 fully saturated rings. The predicted octanol–water partition coefficient (Wildman–Crippen LogP) is 2.65. The van der Waals surface area contributed by atoms with E-state index in [1.54, 1.807) is 11.3 Å². The average Bonchev–Trinajstić information content (AvgIpc) is 2.31. The lowest BCUT2D eigenvalue weighted by atomic mass is 10.3. The zero-order valence-electron chi connectivity index (χ0n) is 6.09. The first-order chi connectivity index (χ1) is 5.15. The first-order valence-electron chi connectivity index (χ1n) is 3.05. The molecule has 0 amide bonds. The lowest BCUT2D eigenvalue weighted by Gasteiger charge is -2.02. The van der Waals surface area contributed by atoms with Crippen molar-refractivity contribution in [1.82, 2.24) is 0 Å². The maximum absolute atomic E-state index is 5.72. The fourth-order valence-electron chi connectivity index (χ4n) is 0.662. The van der Waals surface area contributed by atoms with Crippen molar-refractivity contribution in [2.75, 3.05) is 6.54 Å². The Morgan fingerprint density at radius 1 is 1.50 bits per heavy atom. The molecule has 0 aliphatic heterocycles. The van der Waals surface area contributed by atoms with Gasteiger partial charge >= 0.3 is 0 Å². The van der Waals surface area contributed by atoms with E-state index < -0.39 is 0 Å². The van der Waals surface area contributed by atoms with Gasteiger partial charge in [0.2, 0.25) is 0 Å². The summed E-state index contributed by atoms with van der Waals surface area (Å²) in [5.74, 6) is 0. The third-order valence-corrected chi connectivity index (χ3v) is 4.67. The molecule has 2 nitrogen and oxygen atoms in total. The summed E-state index contributed by atoms with van der Waals surface area (Å²) in [6.07, 6.45) is 0. The van der Waals surface area contributed by atoms with Gasteiger partial charge in [-0.15, -0.1) is 23.7 Å². The molecule has 0 aromatic carbocycles. The Hall–Kier alpha value is 0.870. The third-order valence-electron chi connectivity index (χ3n) is 1.28. The summed E-state index contributed by atoms with van der Waals surface area (Å²) in [6, 6.07) is 1.95. The molecule has 0 unspecified atom stereocenters. The Morgan fingerprint density at radius 2 is 2.08 bits per heavy atom. The lowest BCUT2D eigenvalue weighted by Crippen LogP contribution is -2.19. The second-order valence-corrected chi connectivity index (χ2v) is 5.37. The third kappa shape index (κ3) is 2.97. The van der Waals surface area contributed by atoms with E-state index >= 15 is 0 Å². The Bertz CT molecular complexity index is 234. The highest BCUT2D eigenvalue weighted by atomic mass is 79.9. The van der Waals surface area contributed by atoms with Gasteiger partial charge < -0.3 is 11.5 Å². The average molecular weight is 336 g/mol. The first-order valence-corrected chi connectivity index (χ1v) is 5.45. The molecule has 1 aromatic heterocycles. The van der Waals surface area contributed by atoms with Crippen molar-refractivity contribution in [2.45, 2.75) is 6.04 Å². The zero-order valence-corrected chi connectivity index (χ0v) is 10.9. The van der Waals surface area contributed by atoms with E-state index in [9.17, 15) is 0 Å². The molecule has 0 saturated heterocycles. The monoisotopic (exact) mass is 334 g/mol. The summed E-state index contributed by atoms with van der Waals surface area (Å²) in [7, 11) is 0. The van der Waals surface area contributed by atoms with E-state index in [4.69, 9.17) is 11.5 Å². The number of thiophene rings is 1. The minimum atomic E-state index is -0.0393. The minimum absolute atomic E-state index is 0. The van der Waals surface area contributed by atoms with Crippen LogP contribution in [0.1, 0.15) is 10.9 Å². The van der Waals surface area contributed by atoms with Crippen LogP contribution in [0, 0.1) is 0 Å². The van der Waals surface area contributed by atoms with Gasteiger partial charge in [0.1, 0.15) is 0 Å². The van der Waals surface area contributed by atoms with Crippen molar-refractivity contribution in [3.63, 3.8) is 0 Å². The Morgan fingerprint density at radius 3 is 2.42 bits per heavy atom. The fourth-order valence-corrected chi connectivity index (χ4v) is 2.77. The van der Waals surface area contributed by atoms with Gasteiger partial charge in [-0.25, -0.2) is 0 Å². The van der Waals surface area contributed by atoms with Gasteiger partial charge in [-0.1, -0.05) is 0 Å². The highest BCUT2D eigenvalue weighted by Gasteiger charge is 2.09. The van der Waals surface area contributed by atoms with Crippen LogP contribution < -0.4 is 11.5 Å². The van der Waals surface area contributed by atoms with E-state index in [0.29, 0.717) is 6.54 Å². The quantitative estimate of drug-likeness (QED) is 0.872. The van der Waals surface area contributed by atoms with Gasteiger partial charge in [0.05, 0.1) is 9.83 Å². The molecular formula is C6H9Br2ClN2S. The number of hydrogen-bond donors (Lipinski definition) is 2. The summed E-state index contributed by atoms with van der Waals surface area (Å²) in [5.41, 5.74) is 11.1. The van der Waals surface area contributed by atoms with Crippen molar-refractivity contribution in [1.29, 1.82) is 0 Å². The topological polar surface area (TPSA) is 52.0 Å². The molecule has 0 radical (unpaired) electrons. The van der Waals surface area contributed by atoms with Crippen LogP contribution in [0.4, 0.5) is 0 Å². The van der Waals surface area contributed by atoms with E-state index in [0.717, 1.165) is 13.1 Å². The highest BCUT2D eigenvalue weighted by molar-refractivity contribution is 9.13. The molecule has 70 valence electrons. The molecule has 4 N–H and O–H groups in total. The van der Waals surface area contributed by atoms with Crippen LogP contribution >= 0.6 is 55.6 Å². The summed E-state index contributed by atoms with van der Waals surface area (Å²) in [5, 5.41) is 0. The molecule has 0 aliphatic carbocycles. The molecule has 0 bridgehead atoms. The van der Waals surface area contributed by atoms with Crippen LogP contribution in [0.15, 0.2) is 14.3 Å². The van der Waals surface area contributed by atoms with Gasteiger partial charge in [0.25, 0.3) is 0 Å². The van der Waals surface area contributed by atoms with Crippen molar-refractivity contribution >= 4 is 55.6 Å². The van der Waals surface area contributed by atoms with Gasteiger partial charge in [-0.3, -0.25) is 0 Å². The minimum Gasteiger partial charge on any atom is -0.329 e. The van der Waals surface area contributed by atoms with Crippen molar-refractivity contribution in [3.05, 3.63) is 19.2 Å². The summed E-state index contributed by atoms with van der Waals surface area (Å²) in [4.78, 5) is 1.10. The number of hydrogen-bond acceptors (Lipinski definition) is 3. The Labute approximate surface area is 98.4 Å². The van der Waals surface area contributed by atoms with E-state index in [1.807, 2.05) is 6.07 Å². The second-order valence-electron chi connectivity index (χ2n) is 2.11. The normalized spacial score (nSPS) is 12.3. The van der Waals surface area contributed by atoms with Crippen LogP contribution in [0.5, 0.6) is 0 Å². The van der Waals surface area contributed by atoms with Gasteiger partial charge in [-0.05, 0) is 37.9 Å². The standard InChI is InChI=1S/C6H8Br2N2S.ClH/c7-3-1-5(4(10)2-9)11-6(3)8;/h1,4H,2,9-10H2;1H/t4-;/m0./s1. The fraction of sp³-hybridized carbons (Fsp3) is 0.333. The molecule has 1 aromatic rings. The first kappa shape index (κ1) is 12.9. The maximum atomic E-state index is 5.72. The van der Waals surface area contributed by atoms with Crippen molar-refractivity contribution in [2.24, 2.45) is 11.5 Å².